The van der Waals surface area contributed by atoms with Crippen LogP contribution in [0.4, 0.5) is 0 Å². The lowest BCUT2D eigenvalue weighted by atomic mass is 9.85. The number of para-hydroxylation sites is 1. The molecule has 0 spiro atoms. The molecule has 1 aromatic carbocycles. The van der Waals surface area contributed by atoms with Crippen molar-refractivity contribution in [3.8, 4) is 23.0 Å². The van der Waals surface area contributed by atoms with Crippen LogP contribution in [-0.4, -0.2) is 29.5 Å². The molecule has 0 N–H and O–H groups in total. The van der Waals surface area contributed by atoms with E-state index in [9.17, 15) is 4.79 Å². The van der Waals surface area contributed by atoms with Crippen LogP contribution in [0.2, 0.25) is 0 Å². The highest BCUT2D eigenvalue weighted by molar-refractivity contribution is 5.86. The third-order valence-corrected chi connectivity index (χ3v) is 5.90. The lowest BCUT2D eigenvalue weighted by Crippen LogP contribution is -2.22. The Morgan fingerprint density at radius 2 is 1.76 bits per heavy atom. The molecule has 1 aliphatic heterocycles. The summed E-state index contributed by atoms with van der Waals surface area (Å²) in [4.78, 5) is 31.1. The number of benzene rings is 1. The third kappa shape index (κ3) is 2.67. The molecule has 34 heavy (non-hydrogen) atoms. The highest BCUT2D eigenvalue weighted by atomic mass is 16.5. The monoisotopic (exact) mass is 446 g/mol. The molecule has 0 saturated heterocycles. The first-order valence-corrected chi connectivity index (χ1v) is 10.6. The topological polar surface area (TPSA) is 108 Å². The number of ether oxygens (including phenoxy) is 1. The zero-order valence-electron chi connectivity index (χ0n) is 17.5. The van der Waals surface area contributed by atoms with Crippen molar-refractivity contribution >= 4 is 16.6 Å². The molecule has 0 fully saturated rings. The molecule has 0 bridgehead atoms. The summed E-state index contributed by atoms with van der Waals surface area (Å²) in [5.41, 5.74) is 3.03. The maximum Gasteiger partial charge on any atom is 0.344 e. The molecule has 5 aromatic heterocycles. The molecule has 1 unspecified atom stereocenters. The lowest BCUT2D eigenvalue weighted by molar-refractivity contribution is 0.422. The van der Waals surface area contributed by atoms with Crippen LogP contribution in [0.15, 0.2) is 88.9 Å². The number of rotatable bonds is 2. The zero-order chi connectivity index (χ0) is 22.6. The predicted octanol–water partition coefficient (Wildman–Crippen LogP) is 3.97. The van der Waals surface area contributed by atoms with Gasteiger partial charge in [-0.05, 0) is 35.9 Å². The van der Waals surface area contributed by atoms with Crippen LogP contribution in [0.1, 0.15) is 22.6 Å². The fourth-order valence-corrected chi connectivity index (χ4v) is 4.43. The van der Waals surface area contributed by atoms with Crippen molar-refractivity contribution in [2.75, 3.05) is 0 Å². The number of hydrogen-bond acceptors (Lipinski definition) is 8. The Morgan fingerprint density at radius 3 is 2.59 bits per heavy atom. The van der Waals surface area contributed by atoms with Gasteiger partial charge in [-0.3, -0.25) is 9.97 Å². The fraction of sp³-hybridized carbons (Fsp3) is 0.0400. The van der Waals surface area contributed by atoms with Crippen molar-refractivity contribution in [2.24, 2.45) is 0 Å². The molecule has 6 heterocycles. The van der Waals surface area contributed by atoms with Gasteiger partial charge in [0.25, 0.3) is 0 Å². The molecule has 9 heteroatoms. The summed E-state index contributed by atoms with van der Waals surface area (Å²) in [6, 6.07) is 14.7. The van der Waals surface area contributed by atoms with Crippen molar-refractivity contribution in [3.63, 3.8) is 0 Å². The number of fused-ring (bicyclic) bond motifs is 6. The molecule has 7 rings (SSSR count). The summed E-state index contributed by atoms with van der Waals surface area (Å²) in [6.45, 7) is 0. The van der Waals surface area contributed by atoms with Gasteiger partial charge < -0.3 is 9.15 Å². The Bertz CT molecular complexity index is 1760. The van der Waals surface area contributed by atoms with E-state index in [1.165, 1.54) is 0 Å². The average molecular weight is 446 g/mol. The van der Waals surface area contributed by atoms with Crippen LogP contribution in [0.5, 0.6) is 11.6 Å². The van der Waals surface area contributed by atoms with E-state index in [0.717, 1.165) is 11.1 Å². The first-order chi connectivity index (χ1) is 16.8. The molecule has 0 saturated carbocycles. The van der Waals surface area contributed by atoms with Gasteiger partial charge in [0.05, 0.1) is 22.4 Å². The minimum Gasteiger partial charge on any atom is -0.437 e. The second-order valence-corrected chi connectivity index (χ2v) is 7.86. The third-order valence-electron chi connectivity index (χ3n) is 5.90. The van der Waals surface area contributed by atoms with Gasteiger partial charge in [-0.15, -0.1) is 5.10 Å². The van der Waals surface area contributed by atoms with E-state index in [1.54, 1.807) is 41.7 Å². The number of hydrogen-bond donors (Lipinski definition) is 0. The molecule has 1 aliphatic rings. The SMILES string of the molecule is O=c1oc2ccccc2c2c1C(c1cccnc1)c1c(ncn3nc(-c4cccnc4)nc13)O2. The molecule has 6 aromatic rings. The van der Waals surface area contributed by atoms with Crippen LogP contribution >= 0.6 is 0 Å². The Morgan fingerprint density at radius 1 is 0.912 bits per heavy atom. The molecule has 9 nitrogen and oxygen atoms in total. The highest BCUT2D eigenvalue weighted by Gasteiger charge is 2.37. The fourth-order valence-electron chi connectivity index (χ4n) is 4.43. The van der Waals surface area contributed by atoms with E-state index in [1.807, 2.05) is 42.5 Å². The van der Waals surface area contributed by atoms with E-state index in [-0.39, 0.29) is 0 Å². The first-order valence-electron chi connectivity index (χ1n) is 10.6. The van der Waals surface area contributed by atoms with Crippen molar-refractivity contribution in [2.45, 2.75) is 5.92 Å². The molecule has 0 radical (unpaired) electrons. The van der Waals surface area contributed by atoms with Crippen LogP contribution in [0.25, 0.3) is 28.0 Å². The maximum atomic E-state index is 13.3. The Balaban J connectivity index is 1.56. The Hall–Kier alpha value is -4.92. The van der Waals surface area contributed by atoms with E-state index in [4.69, 9.17) is 14.1 Å². The molecule has 0 amide bonds. The largest absolute Gasteiger partial charge is 0.437 e. The minimum absolute atomic E-state index is 0.356. The first kappa shape index (κ1) is 18.6. The summed E-state index contributed by atoms with van der Waals surface area (Å²) >= 11 is 0. The number of pyridine rings is 2. The van der Waals surface area contributed by atoms with Crippen LogP contribution in [-0.2, 0) is 0 Å². The Labute approximate surface area is 191 Å². The maximum absolute atomic E-state index is 13.3. The molecular weight excluding hydrogens is 432 g/mol. The van der Waals surface area contributed by atoms with Crippen molar-refractivity contribution in [3.05, 3.63) is 107 Å². The van der Waals surface area contributed by atoms with Gasteiger partial charge >= 0.3 is 5.63 Å². The predicted molar refractivity (Wildman–Crippen MR) is 122 cm³/mol. The quantitative estimate of drug-likeness (QED) is 0.367. The van der Waals surface area contributed by atoms with Gasteiger partial charge in [0.15, 0.2) is 17.2 Å². The van der Waals surface area contributed by atoms with E-state index in [0.29, 0.717) is 45.2 Å². The lowest BCUT2D eigenvalue weighted by Gasteiger charge is -2.27. The van der Waals surface area contributed by atoms with Crippen molar-refractivity contribution in [1.29, 1.82) is 0 Å². The van der Waals surface area contributed by atoms with E-state index in [2.05, 4.69) is 20.1 Å². The Kier molecular flexibility index (Phi) is 3.86. The van der Waals surface area contributed by atoms with Gasteiger partial charge in [0.1, 0.15) is 11.9 Å². The summed E-state index contributed by atoms with van der Waals surface area (Å²) in [7, 11) is 0. The normalized spacial score (nSPS) is 14.5. The van der Waals surface area contributed by atoms with Gasteiger partial charge in [0, 0.05) is 30.4 Å². The minimum atomic E-state index is -0.560. The number of nitrogens with zero attached hydrogens (tertiary/aromatic N) is 6. The van der Waals surface area contributed by atoms with Gasteiger partial charge in [-0.25, -0.2) is 19.3 Å². The second-order valence-electron chi connectivity index (χ2n) is 7.86. The average Bonchev–Trinajstić information content (AvgIpc) is 3.33. The summed E-state index contributed by atoms with van der Waals surface area (Å²) in [5, 5.41) is 5.27. The summed E-state index contributed by atoms with van der Waals surface area (Å²) in [5.74, 6) is 0.715. The number of aromatic nitrogens is 6. The smallest absolute Gasteiger partial charge is 0.344 e. The molecule has 0 aliphatic carbocycles. The molecule has 162 valence electrons. The highest BCUT2D eigenvalue weighted by Crippen LogP contribution is 2.48. The van der Waals surface area contributed by atoms with Crippen molar-refractivity contribution in [1.82, 2.24) is 29.5 Å². The van der Waals surface area contributed by atoms with Crippen LogP contribution in [0.3, 0.4) is 0 Å². The molecule has 1 atom stereocenters. The van der Waals surface area contributed by atoms with Crippen molar-refractivity contribution < 1.29 is 9.15 Å². The summed E-state index contributed by atoms with van der Waals surface area (Å²) < 4.78 is 13.5. The van der Waals surface area contributed by atoms with Gasteiger partial charge in [-0.2, -0.15) is 0 Å². The van der Waals surface area contributed by atoms with E-state index >= 15 is 0 Å². The zero-order valence-corrected chi connectivity index (χ0v) is 17.5. The molecular formula is C25H14N6O3. The second kappa shape index (κ2) is 7.04. The summed E-state index contributed by atoms with van der Waals surface area (Å²) in [6.07, 6.45) is 8.35. The van der Waals surface area contributed by atoms with Crippen LogP contribution < -0.4 is 10.4 Å². The van der Waals surface area contributed by atoms with E-state index < -0.39 is 11.5 Å². The van der Waals surface area contributed by atoms with Crippen LogP contribution in [0, 0.1) is 0 Å². The van der Waals surface area contributed by atoms with Gasteiger partial charge in [-0.1, -0.05) is 18.2 Å². The van der Waals surface area contributed by atoms with Gasteiger partial charge in [0.2, 0.25) is 5.88 Å². The standard InChI is InChI=1S/C25H14N6O3/c32-25-19-18(14-5-3-9-26-11-14)20-23-29-22(15-6-4-10-27-12-15)30-31(23)13-28-24(20)34-21(19)16-7-1-2-8-17(16)33-25/h1-13,18H.